The van der Waals surface area contributed by atoms with Crippen molar-refractivity contribution in [2.24, 2.45) is 0 Å². The number of carbonyl (C=O) groups excluding carboxylic acids is 3. The summed E-state index contributed by atoms with van der Waals surface area (Å²) in [6.07, 6.45) is 0.403. The van der Waals surface area contributed by atoms with Crippen molar-refractivity contribution in [3.63, 3.8) is 0 Å². The number of ether oxygens (including phenoxy) is 3. The Kier molecular flexibility index (Phi) is 10.8. The first-order valence-electron chi connectivity index (χ1n) is 9.01. The molecule has 9 heteroatoms. The molecule has 0 unspecified atom stereocenters. The number of hydrogen-bond acceptors (Lipinski definition) is 7. The molecule has 0 aliphatic carbocycles. The van der Waals surface area contributed by atoms with E-state index in [1.165, 1.54) is 11.9 Å². The van der Waals surface area contributed by atoms with Crippen molar-refractivity contribution in [3.05, 3.63) is 35.9 Å². The van der Waals surface area contributed by atoms with Crippen LogP contribution in [-0.2, 0) is 30.2 Å². The topological polar surface area (TPSA) is 118 Å². The van der Waals surface area contributed by atoms with Gasteiger partial charge in [-0.3, -0.25) is 20.3 Å². The van der Waals surface area contributed by atoms with Crippen LogP contribution in [-0.4, -0.2) is 62.3 Å². The van der Waals surface area contributed by atoms with Crippen molar-refractivity contribution in [2.75, 3.05) is 33.4 Å². The molecule has 1 rings (SSSR count). The zero-order chi connectivity index (χ0) is 20.8. The molecule has 0 bridgehead atoms. The number of benzene rings is 1. The van der Waals surface area contributed by atoms with Gasteiger partial charge in [-0.05, 0) is 12.0 Å². The van der Waals surface area contributed by atoms with Gasteiger partial charge in [0, 0.05) is 13.5 Å². The Morgan fingerprint density at radius 1 is 1.00 bits per heavy atom. The van der Waals surface area contributed by atoms with Crippen LogP contribution >= 0.6 is 0 Å². The molecule has 0 saturated heterocycles. The maximum atomic E-state index is 11.7. The van der Waals surface area contributed by atoms with Gasteiger partial charge in [0.25, 0.3) is 0 Å². The molecule has 0 aromatic heterocycles. The summed E-state index contributed by atoms with van der Waals surface area (Å²) in [6.45, 7) is 2.18. The van der Waals surface area contributed by atoms with E-state index in [0.29, 0.717) is 19.4 Å². The van der Waals surface area contributed by atoms with Crippen molar-refractivity contribution in [1.82, 2.24) is 10.2 Å². The van der Waals surface area contributed by atoms with Gasteiger partial charge in [-0.15, -0.1) is 0 Å². The van der Waals surface area contributed by atoms with Crippen molar-refractivity contribution < 1.29 is 28.6 Å². The minimum atomic E-state index is -0.825. The number of likely N-dealkylation sites (N-methyl/N-ethyl adjacent to an activating group) is 1. The highest BCUT2D eigenvalue weighted by Crippen LogP contribution is 2.01. The highest BCUT2D eigenvalue weighted by atomic mass is 16.6. The Balaban J connectivity index is 2.13. The lowest BCUT2D eigenvalue weighted by molar-refractivity contribution is -0.144. The summed E-state index contributed by atoms with van der Waals surface area (Å²) < 4.78 is 14.9. The molecule has 0 aliphatic rings. The summed E-state index contributed by atoms with van der Waals surface area (Å²) in [4.78, 5) is 36.0. The molecule has 154 valence electrons. The van der Waals surface area contributed by atoms with Crippen LogP contribution in [0.3, 0.4) is 0 Å². The van der Waals surface area contributed by atoms with E-state index in [0.717, 1.165) is 5.56 Å². The average Bonchev–Trinajstić information content (AvgIpc) is 2.66. The number of alkyl carbamates (subject to hydrolysis) is 1. The third-order valence-corrected chi connectivity index (χ3v) is 3.41. The molecule has 0 heterocycles. The number of esters is 2. The number of nitrogens with one attached hydrogen (secondary N) is 2. The molecule has 0 fully saturated rings. The minimum absolute atomic E-state index is 0.0278. The molecule has 1 amide bonds. The number of hydrogen-bond donors (Lipinski definition) is 2. The van der Waals surface area contributed by atoms with Crippen LogP contribution < -0.4 is 5.32 Å². The van der Waals surface area contributed by atoms with E-state index in [1.807, 2.05) is 37.3 Å². The van der Waals surface area contributed by atoms with Crippen LogP contribution in [0.2, 0.25) is 0 Å². The van der Waals surface area contributed by atoms with Crippen molar-refractivity contribution in [1.29, 1.82) is 5.41 Å². The van der Waals surface area contributed by atoms with Crippen molar-refractivity contribution >= 4 is 24.0 Å². The van der Waals surface area contributed by atoms with E-state index < -0.39 is 12.1 Å². The largest absolute Gasteiger partial charge is 0.465 e. The van der Waals surface area contributed by atoms with Crippen LogP contribution in [0.15, 0.2) is 30.3 Å². The van der Waals surface area contributed by atoms with Gasteiger partial charge >= 0.3 is 18.0 Å². The monoisotopic (exact) mass is 393 g/mol. The van der Waals surface area contributed by atoms with Gasteiger partial charge in [-0.2, -0.15) is 0 Å². The third-order valence-electron chi connectivity index (χ3n) is 3.41. The zero-order valence-corrected chi connectivity index (χ0v) is 16.2. The second-order valence-electron chi connectivity index (χ2n) is 5.92. The molecule has 28 heavy (non-hydrogen) atoms. The van der Waals surface area contributed by atoms with Crippen LogP contribution in [0.25, 0.3) is 0 Å². The normalized spacial score (nSPS) is 9.93. The zero-order valence-electron chi connectivity index (χ0n) is 16.2. The van der Waals surface area contributed by atoms with E-state index in [-0.39, 0.29) is 38.1 Å². The Labute approximate surface area is 164 Å². The minimum Gasteiger partial charge on any atom is -0.465 e. The quantitative estimate of drug-likeness (QED) is 0.204. The summed E-state index contributed by atoms with van der Waals surface area (Å²) in [5.74, 6) is -1.12. The molecule has 1 aromatic carbocycles. The number of nitrogens with zero attached hydrogens (tertiary/aromatic N) is 1. The lowest BCUT2D eigenvalue weighted by Gasteiger charge is -2.19. The molecular formula is C19H27N3O6. The molecular weight excluding hydrogens is 366 g/mol. The maximum absolute atomic E-state index is 11.7. The number of rotatable bonds is 10. The van der Waals surface area contributed by atoms with E-state index in [4.69, 9.17) is 19.6 Å². The van der Waals surface area contributed by atoms with Crippen LogP contribution in [0, 0.1) is 5.41 Å². The van der Waals surface area contributed by atoms with Gasteiger partial charge in [0.2, 0.25) is 5.96 Å². The second kappa shape index (κ2) is 13.1. The lowest BCUT2D eigenvalue weighted by Crippen LogP contribution is -2.44. The van der Waals surface area contributed by atoms with Crippen LogP contribution in [0.4, 0.5) is 4.79 Å². The lowest BCUT2D eigenvalue weighted by atomic mass is 10.2. The SMILES string of the molecule is CCCOC(=O)CN(C)C(=N)NC(=O)OCCCOC(=O)Cc1ccccc1. The van der Waals surface area contributed by atoms with E-state index in [9.17, 15) is 14.4 Å². The fraction of sp³-hybridized carbons (Fsp3) is 0.474. The summed E-state index contributed by atoms with van der Waals surface area (Å²) in [6, 6.07) is 9.23. The Morgan fingerprint density at radius 2 is 1.64 bits per heavy atom. The summed E-state index contributed by atoms with van der Waals surface area (Å²) >= 11 is 0. The predicted octanol–water partition coefficient (Wildman–Crippen LogP) is 1.71. The molecule has 0 spiro atoms. The van der Waals surface area contributed by atoms with Crippen molar-refractivity contribution in [2.45, 2.75) is 26.2 Å². The first kappa shape index (κ1) is 22.9. The molecule has 0 aliphatic heterocycles. The number of amides is 1. The third kappa shape index (κ3) is 10.1. The van der Waals surface area contributed by atoms with E-state index in [2.05, 4.69) is 5.32 Å². The molecule has 0 saturated carbocycles. The van der Waals surface area contributed by atoms with Crippen molar-refractivity contribution in [3.8, 4) is 0 Å². The second-order valence-corrected chi connectivity index (χ2v) is 5.92. The van der Waals surface area contributed by atoms with Gasteiger partial charge in [0.05, 0.1) is 26.2 Å². The first-order chi connectivity index (χ1) is 13.4. The summed E-state index contributed by atoms with van der Waals surface area (Å²) in [5.41, 5.74) is 0.865. The molecule has 9 nitrogen and oxygen atoms in total. The fourth-order valence-electron chi connectivity index (χ4n) is 1.99. The van der Waals surface area contributed by atoms with Gasteiger partial charge in [-0.1, -0.05) is 37.3 Å². The average molecular weight is 393 g/mol. The molecule has 0 radical (unpaired) electrons. The highest BCUT2D eigenvalue weighted by molar-refractivity contribution is 5.93. The first-order valence-corrected chi connectivity index (χ1v) is 9.01. The van der Waals surface area contributed by atoms with E-state index >= 15 is 0 Å². The fourth-order valence-corrected chi connectivity index (χ4v) is 1.99. The van der Waals surface area contributed by atoms with Gasteiger partial charge < -0.3 is 19.1 Å². The van der Waals surface area contributed by atoms with Gasteiger partial charge in [-0.25, -0.2) is 4.79 Å². The summed E-state index contributed by atoms with van der Waals surface area (Å²) in [7, 11) is 1.47. The van der Waals surface area contributed by atoms with Gasteiger partial charge in [0.1, 0.15) is 6.54 Å². The predicted molar refractivity (Wildman–Crippen MR) is 102 cm³/mol. The Hall–Kier alpha value is -3.10. The molecule has 2 N–H and O–H groups in total. The number of carbonyl (C=O) groups is 3. The molecule has 0 atom stereocenters. The Morgan fingerprint density at radius 3 is 2.32 bits per heavy atom. The molecule has 1 aromatic rings. The standard InChI is InChI=1S/C19H27N3O6/c1-3-10-26-17(24)14-22(2)18(20)21-19(25)28-12-7-11-27-16(23)13-15-8-5-4-6-9-15/h4-6,8-9H,3,7,10-14H2,1-2H3,(H2,20,21,25). The van der Waals surface area contributed by atoms with Crippen LogP contribution in [0.1, 0.15) is 25.3 Å². The maximum Gasteiger partial charge on any atom is 0.413 e. The number of guanidine groups is 1. The Bertz CT molecular complexity index is 650. The summed E-state index contributed by atoms with van der Waals surface area (Å²) in [5, 5.41) is 9.92. The highest BCUT2D eigenvalue weighted by Gasteiger charge is 2.14. The van der Waals surface area contributed by atoms with Crippen LogP contribution in [0.5, 0.6) is 0 Å². The van der Waals surface area contributed by atoms with Gasteiger partial charge in [0.15, 0.2) is 0 Å². The van der Waals surface area contributed by atoms with E-state index in [1.54, 1.807) is 0 Å². The smallest absolute Gasteiger partial charge is 0.413 e.